The molecule has 8 heteroatoms. The molecule has 2 N–H and O–H groups in total. The van der Waals surface area contributed by atoms with Crippen molar-refractivity contribution in [1.29, 1.82) is 0 Å². The zero-order valence-corrected chi connectivity index (χ0v) is 17.9. The molecular formula is C23H24ClN5O2. The van der Waals surface area contributed by atoms with E-state index in [0.717, 1.165) is 36.5 Å². The molecule has 1 aliphatic heterocycles. The van der Waals surface area contributed by atoms with Gasteiger partial charge in [-0.2, -0.15) is 0 Å². The Hall–Kier alpha value is -3.32. The van der Waals surface area contributed by atoms with Crippen molar-refractivity contribution in [3.63, 3.8) is 0 Å². The smallest absolute Gasteiger partial charge is 0.319 e. The van der Waals surface area contributed by atoms with E-state index in [0.29, 0.717) is 10.7 Å². The van der Waals surface area contributed by atoms with Gasteiger partial charge < -0.3 is 20.3 Å². The second-order valence-electron chi connectivity index (χ2n) is 7.42. The number of carbonyl (C=O) groups is 1. The fourth-order valence-electron chi connectivity index (χ4n) is 3.87. The minimum atomic E-state index is -0.234. The van der Waals surface area contributed by atoms with Crippen LogP contribution in [-0.4, -0.2) is 42.2 Å². The van der Waals surface area contributed by atoms with E-state index < -0.39 is 0 Å². The van der Waals surface area contributed by atoms with Crippen LogP contribution < -0.4 is 20.3 Å². The molecule has 2 heterocycles. The molecule has 0 saturated carbocycles. The van der Waals surface area contributed by atoms with Gasteiger partial charge in [-0.3, -0.25) is 0 Å². The first-order chi connectivity index (χ1) is 15.1. The van der Waals surface area contributed by atoms with E-state index in [1.165, 1.54) is 6.33 Å². The predicted octanol–water partition coefficient (Wildman–Crippen LogP) is 4.32. The van der Waals surface area contributed by atoms with E-state index in [4.69, 9.17) is 16.3 Å². The highest BCUT2D eigenvalue weighted by Crippen LogP contribution is 2.31. The molecule has 3 aromatic rings. The molecule has 0 radical (unpaired) electrons. The number of halogens is 1. The van der Waals surface area contributed by atoms with Gasteiger partial charge in [0, 0.05) is 35.8 Å². The first-order valence-electron chi connectivity index (χ1n) is 10.1. The highest BCUT2D eigenvalue weighted by Gasteiger charge is 2.32. The highest BCUT2D eigenvalue weighted by molar-refractivity contribution is 6.30. The molecule has 2 atom stereocenters. The molecule has 160 valence electrons. The Balaban J connectivity index is 1.51. The number of urea groups is 1. The van der Waals surface area contributed by atoms with Gasteiger partial charge in [-0.25, -0.2) is 14.8 Å². The maximum atomic E-state index is 12.7. The molecule has 0 spiro atoms. The lowest BCUT2D eigenvalue weighted by Crippen LogP contribution is -2.50. The second kappa shape index (κ2) is 9.66. The van der Waals surface area contributed by atoms with Crippen molar-refractivity contribution >= 4 is 29.0 Å². The van der Waals surface area contributed by atoms with Crippen LogP contribution in [0.15, 0.2) is 67.3 Å². The van der Waals surface area contributed by atoms with Crippen LogP contribution in [0.1, 0.15) is 17.9 Å². The number of benzene rings is 2. The van der Waals surface area contributed by atoms with Crippen molar-refractivity contribution in [2.45, 2.75) is 18.4 Å². The fourth-order valence-corrected chi connectivity index (χ4v) is 4.00. The summed E-state index contributed by atoms with van der Waals surface area (Å²) in [6, 6.07) is 14.8. The minimum Gasteiger partial charge on any atom is -0.497 e. The molecule has 1 saturated heterocycles. The van der Waals surface area contributed by atoms with E-state index in [9.17, 15) is 4.79 Å². The molecule has 1 aromatic heterocycles. The molecule has 4 rings (SSSR count). The number of ether oxygens (including phenoxy) is 1. The number of hydrogen-bond donors (Lipinski definition) is 2. The number of methoxy groups -OCH3 is 1. The van der Waals surface area contributed by atoms with Crippen LogP contribution in [0.2, 0.25) is 5.02 Å². The van der Waals surface area contributed by atoms with Gasteiger partial charge in [0.05, 0.1) is 25.2 Å². The Labute approximate surface area is 186 Å². The van der Waals surface area contributed by atoms with Gasteiger partial charge in [-0.15, -0.1) is 0 Å². The number of carbonyl (C=O) groups excluding carboxylic acids is 1. The molecule has 31 heavy (non-hydrogen) atoms. The summed E-state index contributed by atoms with van der Waals surface area (Å²) < 4.78 is 5.30. The van der Waals surface area contributed by atoms with Crippen LogP contribution in [-0.2, 0) is 0 Å². The Morgan fingerprint density at radius 1 is 1.10 bits per heavy atom. The van der Waals surface area contributed by atoms with E-state index in [1.54, 1.807) is 31.4 Å². The summed E-state index contributed by atoms with van der Waals surface area (Å²) in [5, 5.41) is 6.67. The SMILES string of the molecule is COc1ccc(C2CN(c3cncnc3)CCC2NC(=O)Nc2ccc(Cl)cc2)cc1. The summed E-state index contributed by atoms with van der Waals surface area (Å²) in [6.07, 6.45) is 5.96. The molecule has 2 unspecified atom stereocenters. The van der Waals surface area contributed by atoms with Crippen molar-refractivity contribution < 1.29 is 9.53 Å². The summed E-state index contributed by atoms with van der Waals surface area (Å²) in [7, 11) is 1.65. The summed E-state index contributed by atoms with van der Waals surface area (Å²) in [5.41, 5.74) is 2.81. The molecule has 0 bridgehead atoms. The van der Waals surface area contributed by atoms with E-state index in [-0.39, 0.29) is 18.0 Å². The maximum Gasteiger partial charge on any atom is 0.319 e. The molecular weight excluding hydrogens is 414 g/mol. The van der Waals surface area contributed by atoms with Crippen molar-refractivity contribution in [2.75, 3.05) is 30.4 Å². The highest BCUT2D eigenvalue weighted by atomic mass is 35.5. The normalized spacial score (nSPS) is 18.3. The van der Waals surface area contributed by atoms with Gasteiger partial charge in [0.25, 0.3) is 0 Å². The predicted molar refractivity (Wildman–Crippen MR) is 122 cm³/mol. The van der Waals surface area contributed by atoms with Gasteiger partial charge in [0.15, 0.2) is 0 Å². The lowest BCUT2D eigenvalue weighted by molar-refractivity contribution is 0.243. The number of anilines is 2. The van der Waals surface area contributed by atoms with Gasteiger partial charge in [-0.05, 0) is 48.4 Å². The average Bonchev–Trinajstić information content (AvgIpc) is 2.81. The Kier molecular flexibility index (Phi) is 6.52. The maximum absolute atomic E-state index is 12.7. The monoisotopic (exact) mass is 437 g/mol. The summed E-state index contributed by atoms with van der Waals surface area (Å²) in [4.78, 5) is 23.2. The van der Waals surface area contributed by atoms with Crippen LogP contribution in [0.5, 0.6) is 5.75 Å². The van der Waals surface area contributed by atoms with Gasteiger partial charge in [0.2, 0.25) is 0 Å². The van der Waals surface area contributed by atoms with E-state index in [1.807, 2.05) is 24.5 Å². The van der Waals surface area contributed by atoms with Crippen molar-refractivity contribution in [1.82, 2.24) is 15.3 Å². The Morgan fingerprint density at radius 3 is 2.48 bits per heavy atom. The van der Waals surface area contributed by atoms with Crippen LogP contribution in [0.25, 0.3) is 0 Å². The van der Waals surface area contributed by atoms with Crippen molar-refractivity contribution in [3.05, 3.63) is 77.8 Å². The van der Waals surface area contributed by atoms with Crippen LogP contribution in [0.3, 0.4) is 0 Å². The molecule has 1 fully saturated rings. The summed E-state index contributed by atoms with van der Waals surface area (Å²) >= 11 is 5.93. The molecule has 1 aliphatic rings. The lowest BCUT2D eigenvalue weighted by Gasteiger charge is -2.40. The van der Waals surface area contributed by atoms with E-state index >= 15 is 0 Å². The number of nitrogens with zero attached hydrogens (tertiary/aromatic N) is 3. The molecule has 7 nitrogen and oxygen atoms in total. The second-order valence-corrected chi connectivity index (χ2v) is 7.86. The topological polar surface area (TPSA) is 79.4 Å². The first-order valence-corrected chi connectivity index (χ1v) is 10.5. The minimum absolute atomic E-state index is 0.0263. The number of rotatable bonds is 5. The lowest BCUT2D eigenvalue weighted by atomic mass is 9.85. The third-order valence-corrected chi connectivity index (χ3v) is 5.74. The number of amides is 2. The standard InChI is InChI=1S/C23H24ClN5O2/c1-31-20-8-2-16(3-9-20)21-14-29(19-12-25-15-26-13-19)11-10-22(21)28-23(30)27-18-6-4-17(24)5-7-18/h2-9,12-13,15,21-22H,10-11,14H2,1H3,(H2,27,28,30). The zero-order valence-electron chi connectivity index (χ0n) is 17.2. The van der Waals surface area contributed by atoms with E-state index in [2.05, 4.69) is 37.6 Å². The van der Waals surface area contributed by atoms with Crippen LogP contribution >= 0.6 is 11.6 Å². The van der Waals surface area contributed by atoms with Gasteiger partial charge in [-0.1, -0.05) is 23.7 Å². The third-order valence-electron chi connectivity index (χ3n) is 5.49. The average molecular weight is 438 g/mol. The summed E-state index contributed by atoms with van der Waals surface area (Å²) in [5.74, 6) is 0.897. The molecule has 2 aromatic carbocycles. The molecule has 2 amide bonds. The quantitative estimate of drug-likeness (QED) is 0.621. The first kappa shape index (κ1) is 20.9. The zero-order chi connectivity index (χ0) is 21.6. The van der Waals surface area contributed by atoms with Crippen molar-refractivity contribution in [2.24, 2.45) is 0 Å². The summed E-state index contributed by atoms with van der Waals surface area (Å²) in [6.45, 7) is 1.54. The van der Waals surface area contributed by atoms with Gasteiger partial charge in [0.1, 0.15) is 12.1 Å². The van der Waals surface area contributed by atoms with Gasteiger partial charge >= 0.3 is 6.03 Å². The number of hydrogen-bond acceptors (Lipinski definition) is 5. The Morgan fingerprint density at radius 2 is 1.81 bits per heavy atom. The number of nitrogens with one attached hydrogen (secondary N) is 2. The molecule has 0 aliphatic carbocycles. The van der Waals surface area contributed by atoms with Crippen LogP contribution in [0, 0.1) is 0 Å². The number of aromatic nitrogens is 2. The largest absolute Gasteiger partial charge is 0.497 e. The van der Waals surface area contributed by atoms with Crippen molar-refractivity contribution in [3.8, 4) is 5.75 Å². The van der Waals surface area contributed by atoms with Crippen LogP contribution in [0.4, 0.5) is 16.2 Å². The third kappa shape index (κ3) is 5.24. The Bertz CT molecular complexity index is 999. The fraction of sp³-hybridized carbons (Fsp3) is 0.261. The number of piperidine rings is 1.